The minimum absolute atomic E-state index is 0.0480. The van der Waals surface area contributed by atoms with Gasteiger partial charge in [0.25, 0.3) is 0 Å². The van der Waals surface area contributed by atoms with Crippen LogP contribution in [0.2, 0.25) is 0 Å². The summed E-state index contributed by atoms with van der Waals surface area (Å²) in [7, 11) is 2.18. The number of benzene rings is 1. The monoisotopic (exact) mass is 247 g/mol. The van der Waals surface area contributed by atoms with E-state index in [0.717, 1.165) is 38.1 Å². The van der Waals surface area contributed by atoms with Crippen molar-refractivity contribution < 1.29 is 5.11 Å². The molecule has 2 nitrogen and oxygen atoms in total. The molecule has 1 aliphatic rings. The quantitative estimate of drug-likeness (QED) is 0.886. The Balaban J connectivity index is 1.94. The minimum Gasteiger partial charge on any atom is -0.393 e. The molecular formula is C16H25NO. The van der Waals surface area contributed by atoms with Gasteiger partial charge < -0.3 is 10.0 Å². The molecule has 0 radical (unpaired) electrons. The first kappa shape index (κ1) is 13.4. The number of hydrogen-bond donors (Lipinski definition) is 1. The summed E-state index contributed by atoms with van der Waals surface area (Å²) in [6, 6.07) is 6.68. The molecule has 0 bridgehead atoms. The van der Waals surface area contributed by atoms with Crippen molar-refractivity contribution in [3.05, 3.63) is 29.3 Å². The largest absolute Gasteiger partial charge is 0.393 e. The maximum absolute atomic E-state index is 9.53. The molecule has 1 fully saturated rings. The zero-order valence-corrected chi connectivity index (χ0v) is 11.8. The van der Waals surface area contributed by atoms with Gasteiger partial charge in [-0.2, -0.15) is 0 Å². The Bertz CT molecular complexity index is 394. The van der Waals surface area contributed by atoms with Crippen LogP contribution in [0, 0.1) is 19.8 Å². The Morgan fingerprint density at radius 3 is 2.39 bits per heavy atom. The fourth-order valence-electron chi connectivity index (χ4n) is 2.78. The highest BCUT2D eigenvalue weighted by Gasteiger charge is 2.20. The topological polar surface area (TPSA) is 23.5 Å². The number of aliphatic hydroxyl groups excluding tert-OH is 1. The van der Waals surface area contributed by atoms with Crippen LogP contribution in [-0.2, 0) is 0 Å². The van der Waals surface area contributed by atoms with Gasteiger partial charge in [0.15, 0.2) is 0 Å². The molecule has 1 N–H and O–H groups in total. The highest BCUT2D eigenvalue weighted by atomic mass is 16.3. The molecule has 0 amide bonds. The third-order valence-electron chi connectivity index (χ3n) is 4.28. The van der Waals surface area contributed by atoms with E-state index in [4.69, 9.17) is 0 Å². The van der Waals surface area contributed by atoms with Crippen molar-refractivity contribution in [1.82, 2.24) is 0 Å². The van der Waals surface area contributed by atoms with Gasteiger partial charge in [-0.1, -0.05) is 6.07 Å². The van der Waals surface area contributed by atoms with Gasteiger partial charge in [-0.25, -0.2) is 0 Å². The molecule has 0 aromatic heterocycles. The number of nitrogens with zero attached hydrogens (tertiary/aromatic N) is 1. The highest BCUT2D eigenvalue weighted by Crippen LogP contribution is 2.26. The Morgan fingerprint density at radius 2 is 1.78 bits per heavy atom. The van der Waals surface area contributed by atoms with E-state index < -0.39 is 0 Å². The molecule has 1 aromatic carbocycles. The predicted octanol–water partition coefficient (Wildman–Crippen LogP) is 3.29. The zero-order chi connectivity index (χ0) is 13.1. The summed E-state index contributed by atoms with van der Waals surface area (Å²) < 4.78 is 0. The predicted molar refractivity (Wildman–Crippen MR) is 77.2 cm³/mol. The van der Waals surface area contributed by atoms with E-state index in [-0.39, 0.29) is 6.10 Å². The fraction of sp³-hybridized carbons (Fsp3) is 0.625. The number of rotatable bonds is 3. The van der Waals surface area contributed by atoms with Crippen molar-refractivity contribution in [2.75, 3.05) is 18.5 Å². The molecular weight excluding hydrogens is 222 g/mol. The van der Waals surface area contributed by atoms with Crippen LogP contribution in [0.1, 0.15) is 36.8 Å². The van der Waals surface area contributed by atoms with Crippen LogP contribution in [-0.4, -0.2) is 24.8 Å². The van der Waals surface area contributed by atoms with E-state index in [1.165, 1.54) is 16.8 Å². The first-order valence-electron chi connectivity index (χ1n) is 7.02. The second-order valence-corrected chi connectivity index (χ2v) is 5.82. The summed E-state index contributed by atoms with van der Waals surface area (Å²) in [5.41, 5.74) is 4.02. The highest BCUT2D eigenvalue weighted by molar-refractivity contribution is 5.50. The fourth-order valence-corrected chi connectivity index (χ4v) is 2.78. The average molecular weight is 247 g/mol. The van der Waals surface area contributed by atoms with Gasteiger partial charge in [0.1, 0.15) is 0 Å². The molecule has 2 rings (SSSR count). The average Bonchev–Trinajstić information content (AvgIpc) is 2.35. The first-order chi connectivity index (χ1) is 8.56. The van der Waals surface area contributed by atoms with E-state index in [1.807, 2.05) is 0 Å². The SMILES string of the molecule is Cc1ccc(N(C)CC2CCC(O)CC2)cc1C. The normalized spacial score (nSPS) is 24.0. The van der Waals surface area contributed by atoms with E-state index in [2.05, 4.69) is 44.0 Å². The molecule has 18 heavy (non-hydrogen) atoms. The molecule has 0 spiro atoms. The van der Waals surface area contributed by atoms with Gasteiger partial charge in [0, 0.05) is 19.3 Å². The van der Waals surface area contributed by atoms with Crippen molar-refractivity contribution in [3.63, 3.8) is 0 Å². The zero-order valence-electron chi connectivity index (χ0n) is 11.8. The first-order valence-corrected chi connectivity index (χ1v) is 7.02. The lowest BCUT2D eigenvalue weighted by molar-refractivity contribution is 0.110. The van der Waals surface area contributed by atoms with Crippen molar-refractivity contribution in [2.45, 2.75) is 45.6 Å². The summed E-state index contributed by atoms with van der Waals surface area (Å²) in [4.78, 5) is 2.36. The van der Waals surface area contributed by atoms with Crippen molar-refractivity contribution in [3.8, 4) is 0 Å². The summed E-state index contributed by atoms with van der Waals surface area (Å²) in [6.45, 7) is 5.43. The number of aliphatic hydroxyl groups is 1. The summed E-state index contributed by atoms with van der Waals surface area (Å²) in [5.74, 6) is 0.736. The molecule has 0 saturated heterocycles. The van der Waals surface area contributed by atoms with Gasteiger partial charge in [0.05, 0.1) is 6.10 Å². The van der Waals surface area contributed by atoms with Gasteiger partial charge in [-0.15, -0.1) is 0 Å². The second kappa shape index (κ2) is 5.75. The van der Waals surface area contributed by atoms with Crippen LogP contribution in [0.5, 0.6) is 0 Å². The smallest absolute Gasteiger partial charge is 0.0540 e. The van der Waals surface area contributed by atoms with Crippen LogP contribution in [0.3, 0.4) is 0 Å². The summed E-state index contributed by atoms with van der Waals surface area (Å²) in [6.07, 6.45) is 4.23. The molecule has 0 atom stereocenters. The third kappa shape index (κ3) is 3.26. The molecule has 0 unspecified atom stereocenters. The second-order valence-electron chi connectivity index (χ2n) is 5.82. The summed E-state index contributed by atoms with van der Waals surface area (Å²) >= 11 is 0. The number of anilines is 1. The number of hydrogen-bond acceptors (Lipinski definition) is 2. The molecule has 1 saturated carbocycles. The maximum atomic E-state index is 9.53. The lowest BCUT2D eigenvalue weighted by Crippen LogP contribution is -2.29. The van der Waals surface area contributed by atoms with Gasteiger partial charge >= 0.3 is 0 Å². The Labute approximate surface area is 111 Å². The van der Waals surface area contributed by atoms with Crippen LogP contribution >= 0.6 is 0 Å². The molecule has 1 aromatic rings. The molecule has 0 aliphatic heterocycles. The van der Waals surface area contributed by atoms with E-state index in [9.17, 15) is 5.11 Å². The molecule has 1 aliphatic carbocycles. The minimum atomic E-state index is -0.0480. The van der Waals surface area contributed by atoms with E-state index in [0.29, 0.717) is 0 Å². The Kier molecular flexibility index (Phi) is 4.28. The standard InChI is InChI=1S/C16H25NO/c1-12-4-7-15(10-13(12)2)17(3)11-14-5-8-16(18)9-6-14/h4,7,10,14,16,18H,5-6,8-9,11H2,1-3H3. The van der Waals surface area contributed by atoms with Crippen molar-refractivity contribution in [1.29, 1.82) is 0 Å². The molecule has 0 heterocycles. The lowest BCUT2D eigenvalue weighted by atomic mass is 9.87. The van der Waals surface area contributed by atoms with E-state index >= 15 is 0 Å². The van der Waals surface area contributed by atoms with Gasteiger partial charge in [-0.3, -0.25) is 0 Å². The Hall–Kier alpha value is -1.02. The van der Waals surface area contributed by atoms with Crippen molar-refractivity contribution >= 4 is 5.69 Å². The lowest BCUT2D eigenvalue weighted by Gasteiger charge is -2.30. The number of aryl methyl sites for hydroxylation is 2. The van der Waals surface area contributed by atoms with Gasteiger partial charge in [0.2, 0.25) is 0 Å². The maximum Gasteiger partial charge on any atom is 0.0540 e. The van der Waals surface area contributed by atoms with Crippen LogP contribution < -0.4 is 4.90 Å². The Morgan fingerprint density at radius 1 is 1.11 bits per heavy atom. The van der Waals surface area contributed by atoms with Crippen LogP contribution in [0.25, 0.3) is 0 Å². The molecule has 2 heteroatoms. The third-order valence-corrected chi connectivity index (χ3v) is 4.28. The summed E-state index contributed by atoms with van der Waals surface area (Å²) in [5, 5.41) is 9.53. The van der Waals surface area contributed by atoms with Crippen LogP contribution in [0.15, 0.2) is 18.2 Å². The van der Waals surface area contributed by atoms with Crippen LogP contribution in [0.4, 0.5) is 5.69 Å². The van der Waals surface area contributed by atoms with E-state index in [1.54, 1.807) is 0 Å². The molecule has 100 valence electrons. The van der Waals surface area contributed by atoms with Crippen molar-refractivity contribution in [2.24, 2.45) is 5.92 Å². The van der Waals surface area contributed by atoms with Gasteiger partial charge in [-0.05, 0) is 68.7 Å².